The van der Waals surface area contributed by atoms with E-state index in [0.717, 1.165) is 31.8 Å². The first-order valence-corrected chi connectivity index (χ1v) is 5.53. The van der Waals surface area contributed by atoms with Crippen LogP contribution in [0.25, 0.3) is 0 Å². The van der Waals surface area contributed by atoms with Gasteiger partial charge in [0.25, 0.3) is 0 Å². The van der Waals surface area contributed by atoms with Gasteiger partial charge in [-0.1, -0.05) is 13.3 Å². The highest BCUT2D eigenvalue weighted by Gasteiger charge is 2.11. The molecule has 0 amide bonds. The van der Waals surface area contributed by atoms with Crippen molar-refractivity contribution in [3.05, 3.63) is 5.82 Å². The summed E-state index contributed by atoms with van der Waals surface area (Å²) >= 11 is 0. The highest BCUT2D eigenvalue weighted by Crippen LogP contribution is 2.02. The molecule has 1 aromatic heterocycles. The Morgan fingerprint density at radius 1 is 1.33 bits per heavy atom. The van der Waals surface area contributed by atoms with E-state index < -0.39 is 0 Å². The minimum Gasteiger partial charge on any atom is -0.305 e. The van der Waals surface area contributed by atoms with E-state index in [2.05, 4.69) is 48.5 Å². The fourth-order valence-electron chi connectivity index (χ4n) is 1.18. The molecule has 5 heteroatoms. The summed E-state index contributed by atoms with van der Waals surface area (Å²) < 4.78 is 1.88. The second-order valence-electron chi connectivity index (χ2n) is 4.78. The van der Waals surface area contributed by atoms with Crippen LogP contribution in [0.3, 0.4) is 0 Å². The molecule has 0 saturated heterocycles. The average Bonchev–Trinajstić information content (AvgIpc) is 2.57. The van der Waals surface area contributed by atoms with Gasteiger partial charge in [-0.05, 0) is 37.6 Å². The summed E-state index contributed by atoms with van der Waals surface area (Å²) in [7, 11) is 0. The van der Waals surface area contributed by atoms with Crippen molar-refractivity contribution >= 4 is 0 Å². The monoisotopic (exact) mass is 211 g/mol. The Morgan fingerprint density at radius 2 is 2.07 bits per heavy atom. The van der Waals surface area contributed by atoms with Gasteiger partial charge in [0.1, 0.15) is 0 Å². The first kappa shape index (κ1) is 12.1. The number of aromatic nitrogens is 4. The van der Waals surface area contributed by atoms with Gasteiger partial charge in [0, 0.05) is 12.1 Å². The van der Waals surface area contributed by atoms with E-state index in [1.54, 1.807) is 0 Å². The van der Waals surface area contributed by atoms with E-state index in [0.29, 0.717) is 0 Å². The highest BCUT2D eigenvalue weighted by atomic mass is 15.5. The van der Waals surface area contributed by atoms with Crippen molar-refractivity contribution in [2.45, 2.75) is 59.2 Å². The van der Waals surface area contributed by atoms with E-state index in [1.807, 2.05) is 4.68 Å². The van der Waals surface area contributed by atoms with Crippen LogP contribution in [0.2, 0.25) is 0 Å². The molecule has 5 nitrogen and oxygen atoms in total. The highest BCUT2D eigenvalue weighted by molar-refractivity contribution is 4.83. The SMILES string of the molecule is CCCCn1nnnc1CNC(C)(C)C. The normalized spacial score (nSPS) is 12.0. The molecule has 0 aliphatic rings. The lowest BCUT2D eigenvalue weighted by Gasteiger charge is -2.19. The summed E-state index contributed by atoms with van der Waals surface area (Å²) in [5, 5.41) is 15.1. The van der Waals surface area contributed by atoms with Crippen LogP contribution >= 0.6 is 0 Å². The molecule has 1 rings (SSSR count). The summed E-state index contributed by atoms with van der Waals surface area (Å²) in [5.41, 5.74) is 0.0987. The lowest BCUT2D eigenvalue weighted by molar-refractivity contribution is 0.406. The number of rotatable bonds is 5. The molecule has 0 spiro atoms. The molecule has 0 aromatic carbocycles. The van der Waals surface area contributed by atoms with Crippen LogP contribution in [0.15, 0.2) is 0 Å². The Bertz CT molecular complexity index is 286. The van der Waals surface area contributed by atoms with Gasteiger partial charge >= 0.3 is 0 Å². The molecule has 0 fully saturated rings. The average molecular weight is 211 g/mol. The lowest BCUT2D eigenvalue weighted by Crippen LogP contribution is -2.36. The molecular formula is C10H21N5. The van der Waals surface area contributed by atoms with E-state index in [1.165, 1.54) is 0 Å². The standard InChI is InChI=1S/C10H21N5/c1-5-6-7-15-9(12-13-14-15)8-11-10(2,3)4/h11H,5-8H2,1-4H3. The van der Waals surface area contributed by atoms with Gasteiger partial charge in [-0.2, -0.15) is 0 Å². The van der Waals surface area contributed by atoms with E-state index >= 15 is 0 Å². The summed E-state index contributed by atoms with van der Waals surface area (Å²) in [6.07, 6.45) is 2.28. The first-order valence-electron chi connectivity index (χ1n) is 5.53. The molecular weight excluding hydrogens is 190 g/mol. The van der Waals surface area contributed by atoms with Crippen molar-refractivity contribution in [3.8, 4) is 0 Å². The number of unbranched alkanes of at least 4 members (excludes halogenated alkanes) is 1. The maximum Gasteiger partial charge on any atom is 0.165 e. The summed E-state index contributed by atoms with van der Waals surface area (Å²) in [6.45, 7) is 10.2. The van der Waals surface area contributed by atoms with Gasteiger partial charge in [-0.25, -0.2) is 4.68 Å². The Morgan fingerprint density at radius 3 is 2.67 bits per heavy atom. The summed E-state index contributed by atoms with van der Waals surface area (Å²) in [6, 6.07) is 0. The Hall–Kier alpha value is -0.970. The minimum absolute atomic E-state index is 0.0987. The maximum absolute atomic E-state index is 4.01. The van der Waals surface area contributed by atoms with Crippen molar-refractivity contribution < 1.29 is 0 Å². The fourth-order valence-corrected chi connectivity index (χ4v) is 1.18. The number of tetrazole rings is 1. The van der Waals surface area contributed by atoms with Crippen LogP contribution in [0, 0.1) is 0 Å². The van der Waals surface area contributed by atoms with Gasteiger partial charge in [0.15, 0.2) is 5.82 Å². The Balaban J connectivity index is 2.50. The van der Waals surface area contributed by atoms with Crippen LogP contribution in [-0.4, -0.2) is 25.7 Å². The van der Waals surface area contributed by atoms with Gasteiger partial charge in [-0.15, -0.1) is 5.10 Å². The predicted octanol–water partition coefficient (Wildman–Crippen LogP) is 1.36. The number of hydrogen-bond acceptors (Lipinski definition) is 4. The predicted molar refractivity (Wildman–Crippen MR) is 59.3 cm³/mol. The number of hydrogen-bond donors (Lipinski definition) is 1. The molecule has 0 saturated carbocycles. The van der Waals surface area contributed by atoms with Gasteiger partial charge in [0.2, 0.25) is 0 Å². The molecule has 1 heterocycles. The van der Waals surface area contributed by atoms with Crippen molar-refractivity contribution in [2.75, 3.05) is 0 Å². The molecule has 1 aromatic rings. The molecule has 86 valence electrons. The van der Waals surface area contributed by atoms with Crippen molar-refractivity contribution in [1.82, 2.24) is 25.5 Å². The fraction of sp³-hybridized carbons (Fsp3) is 0.900. The first-order chi connectivity index (χ1) is 7.03. The third-order valence-electron chi connectivity index (χ3n) is 2.11. The molecule has 0 aliphatic heterocycles. The Labute approximate surface area is 91.2 Å². The minimum atomic E-state index is 0.0987. The number of nitrogens with one attached hydrogen (secondary N) is 1. The van der Waals surface area contributed by atoms with Crippen LogP contribution < -0.4 is 5.32 Å². The third kappa shape index (κ3) is 4.38. The van der Waals surface area contributed by atoms with Crippen molar-refractivity contribution in [2.24, 2.45) is 0 Å². The van der Waals surface area contributed by atoms with Crippen LogP contribution in [0.4, 0.5) is 0 Å². The van der Waals surface area contributed by atoms with Crippen LogP contribution in [-0.2, 0) is 13.1 Å². The second kappa shape index (κ2) is 5.21. The topological polar surface area (TPSA) is 55.6 Å². The molecule has 15 heavy (non-hydrogen) atoms. The van der Waals surface area contributed by atoms with Crippen molar-refractivity contribution in [1.29, 1.82) is 0 Å². The number of aryl methyl sites for hydroxylation is 1. The number of nitrogens with zero attached hydrogens (tertiary/aromatic N) is 4. The zero-order valence-electron chi connectivity index (χ0n) is 10.1. The third-order valence-corrected chi connectivity index (χ3v) is 2.11. The van der Waals surface area contributed by atoms with E-state index in [4.69, 9.17) is 0 Å². The molecule has 0 aliphatic carbocycles. The molecule has 0 atom stereocenters. The van der Waals surface area contributed by atoms with Gasteiger partial charge in [-0.3, -0.25) is 0 Å². The zero-order valence-corrected chi connectivity index (χ0v) is 10.1. The quantitative estimate of drug-likeness (QED) is 0.799. The molecule has 0 unspecified atom stereocenters. The second-order valence-corrected chi connectivity index (χ2v) is 4.78. The van der Waals surface area contributed by atoms with Crippen molar-refractivity contribution in [3.63, 3.8) is 0 Å². The molecule has 0 bridgehead atoms. The summed E-state index contributed by atoms with van der Waals surface area (Å²) in [4.78, 5) is 0. The Kier molecular flexibility index (Phi) is 4.20. The van der Waals surface area contributed by atoms with E-state index in [9.17, 15) is 0 Å². The largest absolute Gasteiger partial charge is 0.305 e. The smallest absolute Gasteiger partial charge is 0.165 e. The molecule has 1 N–H and O–H groups in total. The van der Waals surface area contributed by atoms with Crippen LogP contribution in [0.1, 0.15) is 46.4 Å². The van der Waals surface area contributed by atoms with Gasteiger partial charge < -0.3 is 5.32 Å². The zero-order chi connectivity index (χ0) is 11.3. The molecule has 0 radical (unpaired) electrons. The lowest BCUT2D eigenvalue weighted by atomic mass is 10.1. The maximum atomic E-state index is 4.01. The van der Waals surface area contributed by atoms with E-state index in [-0.39, 0.29) is 5.54 Å². The van der Waals surface area contributed by atoms with Gasteiger partial charge in [0.05, 0.1) is 6.54 Å². The van der Waals surface area contributed by atoms with Crippen LogP contribution in [0.5, 0.6) is 0 Å². The summed E-state index contributed by atoms with van der Waals surface area (Å²) in [5.74, 6) is 0.915.